The lowest BCUT2D eigenvalue weighted by Crippen LogP contribution is -2.37. The average molecular weight is 301 g/mol. The maximum absolute atomic E-state index is 12.9. The van der Waals surface area contributed by atoms with Crippen molar-refractivity contribution in [3.05, 3.63) is 36.2 Å². The zero-order chi connectivity index (χ0) is 15.4. The van der Waals surface area contributed by atoms with Crippen LogP contribution in [0.15, 0.2) is 30.6 Å². The molecule has 1 aliphatic rings. The summed E-state index contributed by atoms with van der Waals surface area (Å²) in [6.07, 6.45) is 3.71. The minimum Gasteiger partial charge on any atom is -0.376 e. The number of hydrogen-bond acceptors (Lipinski definition) is 5. The van der Waals surface area contributed by atoms with Crippen LogP contribution in [-0.2, 0) is 4.74 Å². The third kappa shape index (κ3) is 2.99. The van der Waals surface area contributed by atoms with Gasteiger partial charge in [-0.05, 0) is 42.3 Å². The molecule has 0 bridgehead atoms. The molecular formula is C15H19N5O2. The van der Waals surface area contributed by atoms with E-state index in [0.29, 0.717) is 24.3 Å². The number of amides is 1. The number of ether oxygens (including phenoxy) is 1. The first-order chi connectivity index (χ1) is 10.8. The Balaban J connectivity index is 1.84. The number of benzene rings is 1. The van der Waals surface area contributed by atoms with Crippen LogP contribution in [0, 0.1) is 0 Å². The van der Waals surface area contributed by atoms with Crippen LogP contribution in [0.4, 0.5) is 0 Å². The molecule has 0 radical (unpaired) electrons. The van der Waals surface area contributed by atoms with Gasteiger partial charge in [-0.2, -0.15) is 4.68 Å². The summed E-state index contributed by atoms with van der Waals surface area (Å²) >= 11 is 0. The average Bonchev–Trinajstić information content (AvgIpc) is 3.25. The van der Waals surface area contributed by atoms with E-state index in [1.54, 1.807) is 6.07 Å². The SMILES string of the molecule is CCN(C[C@H]1CCCO1)C(=O)c1ccccc1-n1cnnn1. The first kappa shape index (κ1) is 14.6. The molecule has 1 fully saturated rings. The molecule has 3 rings (SSSR count). The summed E-state index contributed by atoms with van der Waals surface area (Å²) in [6, 6.07) is 7.35. The largest absolute Gasteiger partial charge is 0.376 e. The zero-order valence-electron chi connectivity index (χ0n) is 12.6. The second-order valence-electron chi connectivity index (χ2n) is 5.25. The molecule has 116 valence electrons. The molecule has 2 heterocycles. The predicted octanol–water partition coefficient (Wildman–Crippen LogP) is 1.30. The van der Waals surface area contributed by atoms with Crippen molar-refractivity contribution in [2.24, 2.45) is 0 Å². The van der Waals surface area contributed by atoms with Crippen LogP contribution in [0.5, 0.6) is 0 Å². The van der Waals surface area contributed by atoms with Crippen LogP contribution in [0.3, 0.4) is 0 Å². The first-order valence-electron chi connectivity index (χ1n) is 7.53. The van der Waals surface area contributed by atoms with Gasteiger partial charge in [-0.25, -0.2) is 0 Å². The predicted molar refractivity (Wildman–Crippen MR) is 79.7 cm³/mol. The van der Waals surface area contributed by atoms with Gasteiger partial charge in [-0.15, -0.1) is 5.10 Å². The smallest absolute Gasteiger partial charge is 0.256 e. The van der Waals surface area contributed by atoms with Crippen LogP contribution in [-0.4, -0.2) is 56.8 Å². The Hall–Kier alpha value is -2.28. The van der Waals surface area contributed by atoms with Crippen molar-refractivity contribution in [2.75, 3.05) is 19.7 Å². The van der Waals surface area contributed by atoms with Crippen LogP contribution < -0.4 is 0 Å². The summed E-state index contributed by atoms with van der Waals surface area (Å²) in [5.41, 5.74) is 1.28. The summed E-state index contributed by atoms with van der Waals surface area (Å²) in [7, 11) is 0. The van der Waals surface area contributed by atoms with E-state index in [0.717, 1.165) is 19.4 Å². The second-order valence-corrected chi connectivity index (χ2v) is 5.25. The van der Waals surface area contributed by atoms with Crippen molar-refractivity contribution >= 4 is 5.91 Å². The summed E-state index contributed by atoms with van der Waals surface area (Å²) < 4.78 is 7.15. The van der Waals surface area contributed by atoms with Crippen LogP contribution in [0.2, 0.25) is 0 Å². The van der Waals surface area contributed by atoms with Gasteiger partial charge in [-0.1, -0.05) is 12.1 Å². The maximum Gasteiger partial charge on any atom is 0.256 e. The highest BCUT2D eigenvalue weighted by Crippen LogP contribution is 2.18. The summed E-state index contributed by atoms with van der Waals surface area (Å²) in [5, 5.41) is 11.1. The monoisotopic (exact) mass is 301 g/mol. The number of para-hydroxylation sites is 1. The van der Waals surface area contributed by atoms with Crippen LogP contribution >= 0.6 is 0 Å². The van der Waals surface area contributed by atoms with E-state index < -0.39 is 0 Å². The van der Waals surface area contributed by atoms with Crippen molar-refractivity contribution < 1.29 is 9.53 Å². The topological polar surface area (TPSA) is 73.1 Å². The molecule has 0 spiro atoms. The molecule has 1 aromatic heterocycles. The number of rotatable bonds is 5. The number of carbonyl (C=O) groups excluding carboxylic acids is 1. The van der Waals surface area contributed by atoms with E-state index >= 15 is 0 Å². The summed E-state index contributed by atoms with van der Waals surface area (Å²) in [4.78, 5) is 14.7. The van der Waals surface area contributed by atoms with Gasteiger partial charge in [-0.3, -0.25) is 4.79 Å². The molecule has 0 aliphatic carbocycles. The normalized spacial score (nSPS) is 17.6. The van der Waals surface area contributed by atoms with Crippen LogP contribution in [0.25, 0.3) is 5.69 Å². The summed E-state index contributed by atoms with van der Waals surface area (Å²) in [5.74, 6) is -0.0240. The van der Waals surface area contributed by atoms with E-state index in [1.807, 2.05) is 30.0 Å². The Labute approximate surface area is 128 Å². The molecule has 1 amide bonds. The molecule has 7 nitrogen and oxygen atoms in total. The lowest BCUT2D eigenvalue weighted by Gasteiger charge is -2.24. The van der Waals surface area contributed by atoms with E-state index in [9.17, 15) is 4.79 Å². The van der Waals surface area contributed by atoms with E-state index in [4.69, 9.17) is 4.74 Å². The molecule has 1 saturated heterocycles. The number of likely N-dealkylation sites (N-methyl/N-ethyl adjacent to an activating group) is 1. The Morgan fingerprint density at radius 2 is 2.32 bits per heavy atom. The number of nitrogens with zero attached hydrogens (tertiary/aromatic N) is 5. The van der Waals surface area contributed by atoms with Gasteiger partial charge in [0.15, 0.2) is 0 Å². The van der Waals surface area contributed by atoms with Gasteiger partial charge in [0.25, 0.3) is 5.91 Å². The van der Waals surface area contributed by atoms with Gasteiger partial charge in [0.1, 0.15) is 6.33 Å². The molecular weight excluding hydrogens is 282 g/mol. The Bertz CT molecular complexity index is 623. The lowest BCUT2D eigenvalue weighted by atomic mass is 10.1. The van der Waals surface area contributed by atoms with Crippen LogP contribution in [0.1, 0.15) is 30.1 Å². The molecule has 1 atom stereocenters. The highest BCUT2D eigenvalue weighted by atomic mass is 16.5. The van der Waals surface area contributed by atoms with Crippen molar-refractivity contribution in [3.63, 3.8) is 0 Å². The minimum atomic E-state index is -0.0240. The standard InChI is InChI=1S/C15H19N5O2/c1-2-19(10-12-6-5-9-22-12)15(21)13-7-3-4-8-14(13)20-11-16-17-18-20/h3-4,7-8,11-12H,2,5-6,9-10H2,1H3/t12-/m1/s1. The van der Waals surface area contributed by atoms with E-state index in [1.165, 1.54) is 11.0 Å². The van der Waals surface area contributed by atoms with Gasteiger partial charge >= 0.3 is 0 Å². The fourth-order valence-corrected chi connectivity index (χ4v) is 2.69. The summed E-state index contributed by atoms with van der Waals surface area (Å²) in [6.45, 7) is 4.03. The van der Waals surface area contributed by atoms with Gasteiger partial charge in [0.2, 0.25) is 0 Å². The van der Waals surface area contributed by atoms with Crippen molar-refractivity contribution in [3.8, 4) is 5.69 Å². The van der Waals surface area contributed by atoms with E-state index in [2.05, 4.69) is 15.5 Å². The highest BCUT2D eigenvalue weighted by molar-refractivity contribution is 5.97. The second kappa shape index (κ2) is 6.65. The third-order valence-corrected chi connectivity index (χ3v) is 3.85. The molecule has 0 N–H and O–H groups in total. The molecule has 22 heavy (non-hydrogen) atoms. The first-order valence-corrected chi connectivity index (χ1v) is 7.53. The van der Waals surface area contributed by atoms with Gasteiger partial charge in [0, 0.05) is 19.7 Å². The molecule has 7 heteroatoms. The van der Waals surface area contributed by atoms with Crippen molar-refractivity contribution in [1.29, 1.82) is 0 Å². The Kier molecular flexibility index (Phi) is 4.43. The minimum absolute atomic E-state index is 0.0240. The fourth-order valence-electron chi connectivity index (χ4n) is 2.69. The highest BCUT2D eigenvalue weighted by Gasteiger charge is 2.24. The Morgan fingerprint density at radius 3 is 3.00 bits per heavy atom. The van der Waals surface area contributed by atoms with E-state index in [-0.39, 0.29) is 12.0 Å². The molecule has 0 unspecified atom stereocenters. The quantitative estimate of drug-likeness (QED) is 0.832. The van der Waals surface area contributed by atoms with Crippen molar-refractivity contribution in [1.82, 2.24) is 25.1 Å². The fraction of sp³-hybridized carbons (Fsp3) is 0.467. The molecule has 1 aliphatic heterocycles. The molecule has 1 aromatic carbocycles. The Morgan fingerprint density at radius 1 is 1.45 bits per heavy atom. The number of carbonyl (C=O) groups is 1. The number of tetrazole rings is 1. The molecule has 0 saturated carbocycles. The van der Waals surface area contributed by atoms with Gasteiger partial charge in [0.05, 0.1) is 17.4 Å². The number of aromatic nitrogens is 4. The van der Waals surface area contributed by atoms with Gasteiger partial charge < -0.3 is 9.64 Å². The lowest BCUT2D eigenvalue weighted by molar-refractivity contribution is 0.0539. The van der Waals surface area contributed by atoms with Crippen molar-refractivity contribution in [2.45, 2.75) is 25.9 Å². The molecule has 2 aromatic rings. The zero-order valence-corrected chi connectivity index (χ0v) is 12.6. The maximum atomic E-state index is 12.9. The third-order valence-electron chi connectivity index (χ3n) is 3.85. The number of hydrogen-bond donors (Lipinski definition) is 0.